The zero-order valence-electron chi connectivity index (χ0n) is 13.2. The van der Waals surface area contributed by atoms with Crippen LogP contribution in [-0.2, 0) is 11.3 Å². The Balaban J connectivity index is 1.80. The molecular weight excluding hydrogens is 344 g/mol. The van der Waals surface area contributed by atoms with Crippen molar-refractivity contribution in [3.05, 3.63) is 58.6 Å². The van der Waals surface area contributed by atoms with E-state index in [9.17, 15) is 9.59 Å². The molecule has 1 aliphatic rings. The number of rotatable bonds is 3. The van der Waals surface area contributed by atoms with Gasteiger partial charge in [-0.2, -0.15) is 0 Å². The maximum absolute atomic E-state index is 12.7. The lowest BCUT2D eigenvalue weighted by Crippen LogP contribution is -2.26. The topological polar surface area (TPSA) is 49.4 Å². The van der Waals surface area contributed by atoms with E-state index in [4.69, 9.17) is 11.6 Å². The van der Waals surface area contributed by atoms with Crippen molar-refractivity contribution in [3.8, 4) is 0 Å². The summed E-state index contributed by atoms with van der Waals surface area (Å²) in [5.74, 6) is 0.620. The molecule has 24 heavy (non-hydrogen) atoms. The molecule has 0 fully saturated rings. The van der Waals surface area contributed by atoms with Crippen molar-refractivity contribution >= 4 is 40.9 Å². The first kappa shape index (κ1) is 16.9. The van der Waals surface area contributed by atoms with Crippen LogP contribution in [0.4, 0.5) is 5.69 Å². The number of anilines is 1. The Labute approximate surface area is 150 Å². The number of fused-ring (bicyclic) bond motifs is 1. The summed E-state index contributed by atoms with van der Waals surface area (Å²) in [6, 6.07) is 12.9. The largest absolute Gasteiger partial charge is 0.337 e. The second-order valence-corrected chi connectivity index (χ2v) is 7.15. The lowest BCUT2D eigenvalue weighted by Gasteiger charge is -2.19. The Hall–Kier alpha value is -1.98. The molecule has 0 radical (unpaired) electrons. The summed E-state index contributed by atoms with van der Waals surface area (Å²) in [7, 11) is 1.74. The van der Waals surface area contributed by atoms with Gasteiger partial charge in [0.1, 0.15) is 0 Å². The lowest BCUT2D eigenvalue weighted by molar-refractivity contribution is -0.115. The van der Waals surface area contributed by atoms with Crippen LogP contribution in [0.5, 0.6) is 0 Å². The zero-order chi connectivity index (χ0) is 17.1. The molecule has 4 nitrogen and oxygen atoms in total. The quantitative estimate of drug-likeness (QED) is 0.898. The first-order chi connectivity index (χ1) is 11.5. The fourth-order valence-corrected chi connectivity index (χ4v) is 3.66. The van der Waals surface area contributed by atoms with Crippen LogP contribution in [0.3, 0.4) is 0 Å². The molecule has 0 saturated carbocycles. The highest BCUT2D eigenvalue weighted by Crippen LogP contribution is 2.31. The minimum atomic E-state index is -0.110. The minimum Gasteiger partial charge on any atom is -0.337 e. The number of hydrogen-bond acceptors (Lipinski definition) is 3. The SMILES string of the molecule is CN(Cc1ccccc1Cl)C(=O)c1ccc2c(c1)NC(=O)CCS2. The average molecular weight is 361 g/mol. The van der Waals surface area contributed by atoms with Gasteiger partial charge in [-0.05, 0) is 29.8 Å². The summed E-state index contributed by atoms with van der Waals surface area (Å²) >= 11 is 7.78. The van der Waals surface area contributed by atoms with E-state index in [0.717, 1.165) is 16.2 Å². The summed E-state index contributed by atoms with van der Waals surface area (Å²) < 4.78 is 0. The average Bonchev–Trinajstić information content (AvgIpc) is 2.76. The molecular formula is C18H17ClN2O2S. The van der Waals surface area contributed by atoms with Crippen molar-refractivity contribution < 1.29 is 9.59 Å². The number of thioether (sulfide) groups is 1. The van der Waals surface area contributed by atoms with Gasteiger partial charge in [-0.15, -0.1) is 11.8 Å². The van der Waals surface area contributed by atoms with Crippen molar-refractivity contribution in [1.82, 2.24) is 4.90 Å². The Bertz CT molecular complexity index is 794. The van der Waals surface area contributed by atoms with E-state index < -0.39 is 0 Å². The van der Waals surface area contributed by atoms with Crippen LogP contribution in [0.25, 0.3) is 0 Å². The van der Waals surface area contributed by atoms with Gasteiger partial charge in [0.2, 0.25) is 5.91 Å². The van der Waals surface area contributed by atoms with E-state index in [2.05, 4.69) is 5.32 Å². The molecule has 124 valence electrons. The van der Waals surface area contributed by atoms with Gasteiger partial charge in [0.15, 0.2) is 0 Å². The van der Waals surface area contributed by atoms with Gasteiger partial charge in [0.05, 0.1) is 5.69 Å². The highest BCUT2D eigenvalue weighted by atomic mass is 35.5. The van der Waals surface area contributed by atoms with Gasteiger partial charge in [-0.25, -0.2) is 0 Å². The summed E-state index contributed by atoms with van der Waals surface area (Å²) in [5, 5.41) is 3.51. The van der Waals surface area contributed by atoms with Crippen molar-refractivity contribution in [3.63, 3.8) is 0 Å². The number of nitrogens with zero attached hydrogens (tertiary/aromatic N) is 1. The third kappa shape index (κ3) is 3.74. The van der Waals surface area contributed by atoms with Crippen LogP contribution >= 0.6 is 23.4 Å². The van der Waals surface area contributed by atoms with Crippen LogP contribution in [0.1, 0.15) is 22.3 Å². The van der Waals surface area contributed by atoms with Crippen molar-refractivity contribution in [2.24, 2.45) is 0 Å². The standard InChI is InChI=1S/C18H17ClN2O2S/c1-21(11-13-4-2-3-5-14(13)19)18(23)12-6-7-16-15(10-12)20-17(22)8-9-24-16/h2-7,10H,8-9,11H2,1H3,(H,20,22). The molecule has 0 spiro atoms. The molecule has 1 N–H and O–H groups in total. The lowest BCUT2D eigenvalue weighted by atomic mass is 10.1. The van der Waals surface area contributed by atoms with Crippen molar-refractivity contribution in [2.75, 3.05) is 18.1 Å². The number of benzene rings is 2. The Morgan fingerprint density at radius 1 is 1.29 bits per heavy atom. The molecule has 0 saturated heterocycles. The monoisotopic (exact) mass is 360 g/mol. The number of carbonyl (C=O) groups is 2. The van der Waals surface area contributed by atoms with E-state index in [-0.39, 0.29) is 11.8 Å². The van der Waals surface area contributed by atoms with Crippen LogP contribution in [0.2, 0.25) is 5.02 Å². The third-order valence-corrected chi connectivity index (χ3v) is 5.24. The van der Waals surface area contributed by atoms with Gasteiger partial charge in [-0.1, -0.05) is 29.8 Å². The second-order valence-electron chi connectivity index (χ2n) is 5.61. The van der Waals surface area contributed by atoms with E-state index in [1.54, 1.807) is 35.8 Å². The molecule has 2 aromatic rings. The highest BCUT2D eigenvalue weighted by Gasteiger charge is 2.18. The van der Waals surface area contributed by atoms with Gasteiger partial charge < -0.3 is 10.2 Å². The van der Waals surface area contributed by atoms with Crippen LogP contribution in [0, 0.1) is 0 Å². The summed E-state index contributed by atoms with van der Waals surface area (Å²) in [4.78, 5) is 27.0. The predicted octanol–water partition coefficient (Wildman–Crippen LogP) is 4.05. The molecule has 3 rings (SSSR count). The van der Waals surface area contributed by atoms with Crippen molar-refractivity contribution in [2.45, 2.75) is 17.9 Å². The summed E-state index contributed by atoms with van der Waals surface area (Å²) in [6.45, 7) is 0.427. The molecule has 2 aromatic carbocycles. The van der Waals surface area contributed by atoms with E-state index in [1.165, 1.54) is 0 Å². The minimum absolute atomic E-state index is 0.0183. The van der Waals surface area contributed by atoms with Crippen LogP contribution in [-0.4, -0.2) is 29.5 Å². The Kier molecular flexibility index (Phi) is 5.11. The Morgan fingerprint density at radius 2 is 2.08 bits per heavy atom. The Morgan fingerprint density at radius 3 is 2.88 bits per heavy atom. The van der Waals surface area contributed by atoms with Gasteiger partial charge >= 0.3 is 0 Å². The fourth-order valence-electron chi connectivity index (χ4n) is 2.53. The molecule has 0 bridgehead atoms. The highest BCUT2D eigenvalue weighted by molar-refractivity contribution is 7.99. The number of nitrogens with one attached hydrogen (secondary N) is 1. The summed E-state index contributed by atoms with van der Waals surface area (Å²) in [5.41, 5.74) is 2.15. The molecule has 6 heteroatoms. The molecule has 0 aromatic heterocycles. The third-order valence-electron chi connectivity index (χ3n) is 3.80. The first-order valence-corrected chi connectivity index (χ1v) is 8.96. The van der Waals surface area contributed by atoms with Gasteiger partial charge in [0, 0.05) is 41.2 Å². The van der Waals surface area contributed by atoms with E-state index in [0.29, 0.717) is 29.2 Å². The number of amides is 2. The normalized spacial score (nSPS) is 13.7. The molecule has 0 atom stereocenters. The molecule has 0 aliphatic carbocycles. The molecule has 0 unspecified atom stereocenters. The second kappa shape index (κ2) is 7.28. The first-order valence-electron chi connectivity index (χ1n) is 7.60. The number of halogens is 1. The molecule has 2 amide bonds. The molecule has 1 aliphatic heterocycles. The van der Waals surface area contributed by atoms with E-state index >= 15 is 0 Å². The maximum Gasteiger partial charge on any atom is 0.253 e. The van der Waals surface area contributed by atoms with Crippen LogP contribution < -0.4 is 5.32 Å². The van der Waals surface area contributed by atoms with E-state index in [1.807, 2.05) is 30.3 Å². The predicted molar refractivity (Wildman–Crippen MR) is 97.7 cm³/mol. The molecule has 1 heterocycles. The maximum atomic E-state index is 12.7. The smallest absolute Gasteiger partial charge is 0.253 e. The number of hydrogen-bond donors (Lipinski definition) is 1. The zero-order valence-corrected chi connectivity index (χ0v) is 14.8. The van der Waals surface area contributed by atoms with Crippen molar-refractivity contribution in [1.29, 1.82) is 0 Å². The van der Waals surface area contributed by atoms with Gasteiger partial charge in [-0.3, -0.25) is 9.59 Å². The van der Waals surface area contributed by atoms with Gasteiger partial charge in [0.25, 0.3) is 5.91 Å². The van der Waals surface area contributed by atoms with Crippen LogP contribution in [0.15, 0.2) is 47.4 Å². The summed E-state index contributed by atoms with van der Waals surface area (Å²) in [6.07, 6.45) is 0.481. The fraction of sp³-hybridized carbons (Fsp3) is 0.222. The number of carbonyl (C=O) groups excluding carboxylic acids is 2.